The summed E-state index contributed by atoms with van der Waals surface area (Å²) in [4.78, 5) is 9.84. The summed E-state index contributed by atoms with van der Waals surface area (Å²) in [6.07, 6.45) is -1.27. The minimum atomic E-state index is -1.27. The van der Waals surface area contributed by atoms with Gasteiger partial charge in [0.1, 0.15) is 5.00 Å². The zero-order chi connectivity index (χ0) is 7.40. The summed E-state index contributed by atoms with van der Waals surface area (Å²) >= 11 is 1.34. The van der Waals surface area contributed by atoms with Crippen LogP contribution in [0.15, 0.2) is 27.7 Å². The van der Waals surface area contributed by atoms with Gasteiger partial charge in [-0.2, -0.15) is 0 Å². The van der Waals surface area contributed by atoms with Crippen LogP contribution in [0, 0.1) is 0 Å². The van der Waals surface area contributed by atoms with Gasteiger partial charge in [0.05, 0.1) is 0 Å². The molecule has 0 atom stereocenters. The van der Waals surface area contributed by atoms with E-state index in [1.54, 1.807) is 17.5 Å². The van der Waals surface area contributed by atoms with Crippen molar-refractivity contribution < 1.29 is 9.90 Å². The number of rotatable bonds is 1. The van der Waals surface area contributed by atoms with Gasteiger partial charge in [-0.15, -0.1) is 16.5 Å². The minimum Gasteiger partial charge on any atom is -0.462 e. The smallest absolute Gasteiger partial charge is 0.450 e. The first kappa shape index (κ1) is 6.88. The summed E-state index contributed by atoms with van der Waals surface area (Å²) in [5.41, 5.74) is 0. The lowest BCUT2D eigenvalue weighted by Crippen LogP contribution is -1.79. The summed E-state index contributed by atoms with van der Waals surface area (Å²) < 4.78 is 0. The van der Waals surface area contributed by atoms with Gasteiger partial charge in [0.15, 0.2) is 0 Å². The summed E-state index contributed by atoms with van der Waals surface area (Å²) in [6.45, 7) is 0. The molecule has 52 valence electrons. The second kappa shape index (κ2) is 3.07. The van der Waals surface area contributed by atoms with E-state index in [1.807, 2.05) is 0 Å². The fraction of sp³-hybridized carbons (Fsp3) is 0. The molecule has 0 fully saturated rings. The predicted octanol–water partition coefficient (Wildman–Crippen LogP) is 2.51. The minimum absolute atomic E-state index is 0.599. The molecule has 0 saturated heterocycles. The highest BCUT2D eigenvalue weighted by Crippen LogP contribution is 2.18. The Morgan fingerprint density at radius 1 is 1.70 bits per heavy atom. The molecule has 0 aliphatic carbocycles. The fourth-order valence-corrected chi connectivity index (χ4v) is 0.960. The Kier molecular flexibility index (Phi) is 2.11. The monoisotopic (exact) mass is 156 g/mol. The molecule has 0 aliphatic rings. The second-order valence-corrected chi connectivity index (χ2v) is 2.36. The highest BCUT2D eigenvalue weighted by Gasteiger charge is 1.90. The largest absolute Gasteiger partial charge is 0.462 e. The molecule has 1 N–H and O–H groups in total. The molecule has 0 bridgehead atoms. The lowest BCUT2D eigenvalue weighted by Gasteiger charge is -1.77. The molecule has 0 spiro atoms. The van der Waals surface area contributed by atoms with Crippen molar-refractivity contribution in [3.63, 3.8) is 0 Å². The molecule has 1 rings (SSSR count). The third-order valence-electron chi connectivity index (χ3n) is 0.740. The van der Waals surface area contributed by atoms with Crippen molar-refractivity contribution in [2.45, 2.75) is 0 Å². The summed E-state index contributed by atoms with van der Waals surface area (Å²) in [7, 11) is 0. The Balaban J connectivity index is 2.64. The average Bonchev–Trinajstić information content (AvgIpc) is 2.34. The molecule has 0 aromatic carbocycles. The highest BCUT2D eigenvalue weighted by atomic mass is 32.1. The normalized spacial score (nSPS) is 10.4. The maximum Gasteiger partial charge on any atom is 0.450 e. The number of carbonyl (C=O) groups is 1. The molecule has 5 heteroatoms. The summed E-state index contributed by atoms with van der Waals surface area (Å²) in [6, 6.07) is 3.47. The topological polar surface area (TPSA) is 62.0 Å². The van der Waals surface area contributed by atoms with Crippen LogP contribution in [0.25, 0.3) is 0 Å². The predicted molar refractivity (Wildman–Crippen MR) is 36.9 cm³/mol. The van der Waals surface area contributed by atoms with Crippen LogP contribution >= 0.6 is 11.3 Å². The Hall–Kier alpha value is -1.23. The first-order valence-corrected chi connectivity index (χ1v) is 3.35. The van der Waals surface area contributed by atoms with Crippen LogP contribution in [0.4, 0.5) is 9.80 Å². The molecule has 1 aromatic rings. The first-order valence-electron chi connectivity index (χ1n) is 2.47. The van der Waals surface area contributed by atoms with Crippen molar-refractivity contribution in [2.75, 3.05) is 0 Å². The van der Waals surface area contributed by atoms with E-state index in [1.165, 1.54) is 11.3 Å². The van der Waals surface area contributed by atoms with Gasteiger partial charge >= 0.3 is 6.09 Å². The summed E-state index contributed by atoms with van der Waals surface area (Å²) in [5.74, 6) is 0. The second-order valence-electron chi connectivity index (χ2n) is 1.43. The molecular formula is C5H4N2O2S. The Labute approximate surface area is 60.8 Å². The van der Waals surface area contributed by atoms with Crippen LogP contribution in [0.3, 0.4) is 0 Å². The molecule has 0 saturated carbocycles. The SMILES string of the molecule is O=C(O)N=Nc1cccs1. The van der Waals surface area contributed by atoms with Crippen LogP contribution in [0.5, 0.6) is 0 Å². The van der Waals surface area contributed by atoms with Crippen LogP contribution in [-0.2, 0) is 0 Å². The van der Waals surface area contributed by atoms with Crippen molar-refractivity contribution in [3.05, 3.63) is 17.5 Å². The van der Waals surface area contributed by atoms with E-state index in [9.17, 15) is 4.79 Å². The van der Waals surface area contributed by atoms with Gasteiger partial charge in [-0.25, -0.2) is 4.79 Å². The zero-order valence-electron chi connectivity index (χ0n) is 4.89. The maximum absolute atomic E-state index is 9.84. The van der Waals surface area contributed by atoms with E-state index in [0.717, 1.165) is 0 Å². The lowest BCUT2D eigenvalue weighted by molar-refractivity contribution is 0.204. The van der Waals surface area contributed by atoms with E-state index in [2.05, 4.69) is 10.2 Å². The number of nitrogens with zero attached hydrogens (tertiary/aromatic N) is 2. The van der Waals surface area contributed by atoms with Crippen molar-refractivity contribution in [1.29, 1.82) is 0 Å². The number of thiophene rings is 1. The highest BCUT2D eigenvalue weighted by molar-refractivity contribution is 7.13. The Bertz CT molecular complexity index is 242. The van der Waals surface area contributed by atoms with E-state index in [0.29, 0.717) is 5.00 Å². The van der Waals surface area contributed by atoms with Crippen molar-refractivity contribution >= 4 is 22.4 Å². The molecule has 4 nitrogen and oxygen atoms in total. The van der Waals surface area contributed by atoms with E-state index >= 15 is 0 Å². The standard InChI is InChI=1S/C5H4N2O2S/c8-5(9)7-6-4-2-1-3-10-4/h1-3H,(H,8,9). The van der Waals surface area contributed by atoms with E-state index < -0.39 is 6.09 Å². The van der Waals surface area contributed by atoms with Gasteiger partial charge in [-0.1, -0.05) is 5.11 Å². The number of azo groups is 1. The molecular weight excluding hydrogens is 152 g/mol. The van der Waals surface area contributed by atoms with Crippen molar-refractivity contribution in [1.82, 2.24) is 0 Å². The van der Waals surface area contributed by atoms with Crippen LogP contribution in [0.2, 0.25) is 0 Å². The van der Waals surface area contributed by atoms with Gasteiger partial charge in [-0.05, 0) is 17.5 Å². The van der Waals surface area contributed by atoms with Crippen molar-refractivity contribution in [2.24, 2.45) is 10.2 Å². The summed E-state index contributed by atoms with van der Waals surface area (Å²) in [5, 5.41) is 16.8. The maximum atomic E-state index is 9.84. The number of hydrogen-bond acceptors (Lipinski definition) is 3. The van der Waals surface area contributed by atoms with Crippen molar-refractivity contribution in [3.8, 4) is 0 Å². The van der Waals surface area contributed by atoms with E-state index in [-0.39, 0.29) is 0 Å². The Morgan fingerprint density at radius 2 is 2.50 bits per heavy atom. The zero-order valence-corrected chi connectivity index (χ0v) is 5.71. The third-order valence-corrected chi connectivity index (χ3v) is 1.49. The van der Waals surface area contributed by atoms with Gasteiger partial charge in [-0.3, -0.25) is 0 Å². The van der Waals surface area contributed by atoms with Gasteiger partial charge < -0.3 is 5.11 Å². The number of amides is 1. The molecule has 1 heterocycles. The van der Waals surface area contributed by atoms with Gasteiger partial charge in [0, 0.05) is 0 Å². The first-order chi connectivity index (χ1) is 4.79. The molecule has 1 aromatic heterocycles. The third kappa shape index (κ3) is 1.94. The number of hydrogen-bond donors (Lipinski definition) is 1. The molecule has 0 aliphatic heterocycles. The van der Waals surface area contributed by atoms with Gasteiger partial charge in [0.25, 0.3) is 0 Å². The molecule has 0 unspecified atom stereocenters. The molecule has 0 radical (unpaired) electrons. The van der Waals surface area contributed by atoms with Crippen LogP contribution in [-0.4, -0.2) is 11.2 Å². The quantitative estimate of drug-likeness (QED) is 0.635. The molecule has 10 heavy (non-hydrogen) atoms. The van der Waals surface area contributed by atoms with Crippen LogP contribution < -0.4 is 0 Å². The lowest BCUT2D eigenvalue weighted by atomic mass is 10.6. The van der Waals surface area contributed by atoms with Gasteiger partial charge in [0.2, 0.25) is 0 Å². The average molecular weight is 156 g/mol. The fourth-order valence-electron chi connectivity index (χ4n) is 0.419. The molecule has 1 amide bonds. The van der Waals surface area contributed by atoms with E-state index in [4.69, 9.17) is 5.11 Å². The van der Waals surface area contributed by atoms with Crippen LogP contribution in [0.1, 0.15) is 0 Å². The Morgan fingerprint density at radius 3 is 3.00 bits per heavy atom. The number of carboxylic acid groups (broad SMARTS) is 1.